The quantitative estimate of drug-likeness (QED) is 0.778. The van der Waals surface area contributed by atoms with Crippen molar-refractivity contribution in [1.29, 1.82) is 0 Å². The Kier molecular flexibility index (Phi) is 3.61. The molecule has 0 saturated heterocycles. The van der Waals surface area contributed by atoms with Gasteiger partial charge in [-0.15, -0.1) is 0 Å². The first kappa shape index (κ1) is 11.9. The monoisotopic (exact) mass is 237 g/mol. The summed E-state index contributed by atoms with van der Waals surface area (Å²) in [5.41, 5.74) is 0. The lowest BCUT2D eigenvalue weighted by molar-refractivity contribution is 0.312. The summed E-state index contributed by atoms with van der Waals surface area (Å²) < 4.78 is 5.29. The van der Waals surface area contributed by atoms with E-state index in [1.165, 1.54) is 6.42 Å². The lowest BCUT2D eigenvalue weighted by Gasteiger charge is -2.08. The topological polar surface area (TPSA) is 72.0 Å². The van der Waals surface area contributed by atoms with E-state index < -0.39 is 0 Å². The van der Waals surface area contributed by atoms with Crippen molar-refractivity contribution >= 4 is 11.9 Å². The normalized spacial score (nSPS) is 22.1. The van der Waals surface area contributed by atoms with Crippen molar-refractivity contribution in [3.8, 4) is 6.01 Å². The summed E-state index contributed by atoms with van der Waals surface area (Å²) in [6, 6.07) is 0.359. The van der Waals surface area contributed by atoms with Gasteiger partial charge in [0, 0.05) is 13.6 Å². The molecule has 6 heteroatoms. The Morgan fingerprint density at radius 3 is 2.59 bits per heavy atom. The molecule has 0 amide bonds. The maximum Gasteiger partial charge on any atom is 0.323 e. The maximum absolute atomic E-state index is 5.29. The molecule has 0 spiro atoms. The number of hydrogen-bond acceptors (Lipinski definition) is 6. The van der Waals surface area contributed by atoms with E-state index in [9.17, 15) is 0 Å². The Bertz CT molecular complexity index is 384. The zero-order valence-corrected chi connectivity index (χ0v) is 10.5. The first-order chi connectivity index (χ1) is 8.22. The van der Waals surface area contributed by atoms with Gasteiger partial charge in [-0.2, -0.15) is 15.0 Å². The van der Waals surface area contributed by atoms with Gasteiger partial charge < -0.3 is 15.4 Å². The molecule has 0 aliphatic heterocycles. The first-order valence-electron chi connectivity index (χ1n) is 6.03. The van der Waals surface area contributed by atoms with E-state index in [-0.39, 0.29) is 0 Å². The van der Waals surface area contributed by atoms with Crippen LogP contribution in [0.3, 0.4) is 0 Å². The van der Waals surface area contributed by atoms with Crippen LogP contribution in [0.15, 0.2) is 0 Å². The third-order valence-electron chi connectivity index (χ3n) is 2.91. The molecule has 2 unspecified atom stereocenters. The number of hydrogen-bond donors (Lipinski definition) is 2. The Morgan fingerprint density at radius 1 is 1.29 bits per heavy atom. The Balaban J connectivity index is 2.00. The second-order valence-corrected chi connectivity index (χ2v) is 4.30. The number of nitrogens with one attached hydrogen (secondary N) is 2. The van der Waals surface area contributed by atoms with Crippen LogP contribution in [0.2, 0.25) is 0 Å². The molecule has 1 aliphatic rings. The minimum atomic E-state index is 0.359. The van der Waals surface area contributed by atoms with Crippen molar-refractivity contribution in [2.75, 3.05) is 30.8 Å². The van der Waals surface area contributed by atoms with E-state index in [4.69, 9.17) is 4.74 Å². The number of anilines is 2. The molecule has 1 fully saturated rings. The summed E-state index contributed by atoms with van der Waals surface area (Å²) in [5.74, 6) is 2.67. The Labute approximate surface area is 101 Å². The zero-order valence-electron chi connectivity index (χ0n) is 10.5. The second kappa shape index (κ2) is 5.16. The predicted molar refractivity (Wildman–Crippen MR) is 66.3 cm³/mol. The zero-order chi connectivity index (χ0) is 12.3. The fourth-order valence-electron chi connectivity index (χ4n) is 1.65. The smallest absolute Gasteiger partial charge is 0.323 e. The lowest BCUT2D eigenvalue weighted by Crippen LogP contribution is -2.11. The minimum absolute atomic E-state index is 0.359. The molecule has 94 valence electrons. The highest BCUT2D eigenvalue weighted by Gasteiger charge is 2.32. The molecular weight excluding hydrogens is 218 g/mol. The van der Waals surface area contributed by atoms with Crippen molar-refractivity contribution in [2.45, 2.75) is 20.3 Å². The fraction of sp³-hybridized carbons (Fsp3) is 0.727. The van der Waals surface area contributed by atoms with Crippen LogP contribution >= 0.6 is 0 Å². The van der Waals surface area contributed by atoms with Gasteiger partial charge in [0.15, 0.2) is 0 Å². The number of aromatic nitrogens is 3. The van der Waals surface area contributed by atoms with Crippen LogP contribution in [0.5, 0.6) is 6.01 Å². The van der Waals surface area contributed by atoms with E-state index in [0.29, 0.717) is 24.5 Å². The molecule has 6 nitrogen and oxygen atoms in total. The van der Waals surface area contributed by atoms with Crippen LogP contribution in [0.1, 0.15) is 20.3 Å². The summed E-state index contributed by atoms with van der Waals surface area (Å²) in [7, 11) is 1.78. The Hall–Kier alpha value is -1.59. The van der Waals surface area contributed by atoms with Crippen LogP contribution in [0, 0.1) is 11.8 Å². The van der Waals surface area contributed by atoms with Gasteiger partial charge in [-0.3, -0.25) is 0 Å². The van der Waals surface area contributed by atoms with E-state index in [1.54, 1.807) is 7.05 Å². The molecule has 1 aliphatic carbocycles. The van der Waals surface area contributed by atoms with Gasteiger partial charge in [0.2, 0.25) is 11.9 Å². The van der Waals surface area contributed by atoms with Crippen molar-refractivity contribution in [1.82, 2.24) is 15.0 Å². The van der Waals surface area contributed by atoms with E-state index in [2.05, 4.69) is 32.5 Å². The molecule has 2 atom stereocenters. The molecule has 0 aromatic carbocycles. The SMILES string of the molecule is CCOc1nc(NC)nc(NCC2CC2C)n1. The summed E-state index contributed by atoms with van der Waals surface area (Å²) in [6.45, 7) is 5.62. The average Bonchev–Trinajstić information content (AvgIpc) is 3.03. The van der Waals surface area contributed by atoms with Crippen LogP contribution in [0.25, 0.3) is 0 Å². The maximum atomic E-state index is 5.29. The van der Waals surface area contributed by atoms with Crippen molar-refractivity contribution in [2.24, 2.45) is 11.8 Å². The second-order valence-electron chi connectivity index (χ2n) is 4.30. The molecule has 0 radical (unpaired) electrons. The number of nitrogens with zero attached hydrogens (tertiary/aromatic N) is 3. The molecule has 1 heterocycles. The highest BCUT2D eigenvalue weighted by atomic mass is 16.5. The van der Waals surface area contributed by atoms with Gasteiger partial charge in [-0.1, -0.05) is 6.92 Å². The van der Waals surface area contributed by atoms with Gasteiger partial charge in [0.1, 0.15) is 0 Å². The molecule has 1 saturated carbocycles. The van der Waals surface area contributed by atoms with E-state index >= 15 is 0 Å². The lowest BCUT2D eigenvalue weighted by atomic mass is 10.3. The van der Waals surface area contributed by atoms with Gasteiger partial charge >= 0.3 is 6.01 Å². The molecule has 17 heavy (non-hydrogen) atoms. The standard InChI is InChI=1S/C11H19N5O/c1-4-17-11-15-9(12-3)14-10(16-11)13-6-8-5-7(8)2/h7-8H,4-6H2,1-3H3,(H2,12,13,14,15,16). The summed E-state index contributed by atoms with van der Waals surface area (Å²) >= 11 is 0. The van der Waals surface area contributed by atoms with Crippen molar-refractivity contribution < 1.29 is 4.74 Å². The van der Waals surface area contributed by atoms with Crippen LogP contribution in [0.4, 0.5) is 11.9 Å². The largest absolute Gasteiger partial charge is 0.464 e. The molecule has 2 N–H and O–H groups in total. The third kappa shape index (κ3) is 3.18. The van der Waals surface area contributed by atoms with E-state index in [1.807, 2.05) is 6.92 Å². The summed E-state index contributed by atoms with van der Waals surface area (Å²) in [4.78, 5) is 12.5. The summed E-state index contributed by atoms with van der Waals surface area (Å²) in [5, 5.41) is 6.12. The van der Waals surface area contributed by atoms with Crippen LogP contribution in [-0.2, 0) is 0 Å². The fourth-order valence-corrected chi connectivity index (χ4v) is 1.65. The molecule has 2 rings (SSSR count). The van der Waals surface area contributed by atoms with Gasteiger partial charge in [0.25, 0.3) is 0 Å². The first-order valence-corrected chi connectivity index (χ1v) is 6.03. The van der Waals surface area contributed by atoms with Crippen LogP contribution in [-0.4, -0.2) is 35.2 Å². The number of rotatable bonds is 6. The van der Waals surface area contributed by atoms with Crippen molar-refractivity contribution in [3.63, 3.8) is 0 Å². The molecule has 0 bridgehead atoms. The highest BCUT2D eigenvalue weighted by molar-refractivity contribution is 5.35. The van der Waals surface area contributed by atoms with Gasteiger partial charge in [-0.05, 0) is 25.2 Å². The predicted octanol–water partition coefficient (Wildman–Crippen LogP) is 1.38. The van der Waals surface area contributed by atoms with Crippen molar-refractivity contribution in [3.05, 3.63) is 0 Å². The van der Waals surface area contributed by atoms with Crippen LogP contribution < -0.4 is 15.4 Å². The number of ether oxygens (including phenoxy) is 1. The minimum Gasteiger partial charge on any atom is -0.464 e. The average molecular weight is 237 g/mol. The van der Waals surface area contributed by atoms with E-state index in [0.717, 1.165) is 18.4 Å². The highest BCUT2D eigenvalue weighted by Crippen LogP contribution is 2.37. The summed E-state index contributed by atoms with van der Waals surface area (Å²) in [6.07, 6.45) is 1.29. The Morgan fingerprint density at radius 2 is 2.00 bits per heavy atom. The molecule has 1 aromatic heterocycles. The third-order valence-corrected chi connectivity index (χ3v) is 2.91. The van der Waals surface area contributed by atoms with Gasteiger partial charge in [0.05, 0.1) is 6.61 Å². The molecule has 1 aromatic rings. The molecular formula is C11H19N5O. The van der Waals surface area contributed by atoms with Gasteiger partial charge in [-0.25, -0.2) is 0 Å².